The Kier molecular flexibility index (Phi) is 9.68. The molecule has 0 heterocycles. The van der Waals surface area contributed by atoms with Crippen LogP contribution in [0.2, 0.25) is 0 Å². The van der Waals surface area contributed by atoms with Crippen molar-refractivity contribution in [2.24, 2.45) is 0 Å². The topological polar surface area (TPSA) is 83.1 Å². The smallest absolute Gasteiger partial charge is 0.338 e. The Bertz CT molecular complexity index is 853. The zero-order valence-electron chi connectivity index (χ0n) is 18.7. The minimum absolute atomic E-state index is 0.353. The largest absolute Gasteiger partial charge is 0.490 e. The van der Waals surface area contributed by atoms with Gasteiger partial charge < -0.3 is 24.3 Å². The summed E-state index contributed by atoms with van der Waals surface area (Å²) in [5.41, 5.74) is 1.22. The summed E-state index contributed by atoms with van der Waals surface area (Å²) in [6, 6.07) is 9.89. The summed E-state index contributed by atoms with van der Waals surface area (Å²) in [5.74, 6) is 0.575. The molecule has 1 N–H and O–H groups in total. The van der Waals surface area contributed by atoms with Gasteiger partial charge in [0.05, 0.1) is 32.0 Å². The van der Waals surface area contributed by atoms with Gasteiger partial charge in [0, 0.05) is 11.3 Å². The molecule has 0 aliphatic carbocycles. The van der Waals surface area contributed by atoms with Crippen LogP contribution in [0.4, 0.5) is 5.69 Å². The van der Waals surface area contributed by atoms with Crippen LogP contribution in [-0.2, 0) is 4.74 Å². The van der Waals surface area contributed by atoms with Gasteiger partial charge in [-0.2, -0.15) is 0 Å². The van der Waals surface area contributed by atoms with Crippen molar-refractivity contribution >= 4 is 17.6 Å². The molecule has 1 amide bonds. The van der Waals surface area contributed by atoms with Gasteiger partial charge in [-0.25, -0.2) is 4.79 Å². The number of hydrogen-bond donors (Lipinski definition) is 1. The molecule has 0 saturated carbocycles. The Labute approximate surface area is 183 Å². The van der Waals surface area contributed by atoms with E-state index < -0.39 is 5.97 Å². The fraction of sp³-hybridized carbons (Fsp3) is 0.417. The van der Waals surface area contributed by atoms with Crippen LogP contribution in [0, 0.1) is 0 Å². The molecule has 0 spiro atoms. The van der Waals surface area contributed by atoms with E-state index in [1.165, 1.54) is 0 Å². The lowest BCUT2D eigenvalue weighted by Gasteiger charge is -2.17. The predicted molar refractivity (Wildman–Crippen MR) is 120 cm³/mol. The number of esters is 1. The molecule has 7 nitrogen and oxygen atoms in total. The third-order valence-corrected chi connectivity index (χ3v) is 4.26. The van der Waals surface area contributed by atoms with E-state index in [-0.39, 0.29) is 5.91 Å². The summed E-state index contributed by atoms with van der Waals surface area (Å²) in [6.07, 6.45) is 1.75. The van der Waals surface area contributed by atoms with Crippen LogP contribution in [0.3, 0.4) is 0 Å². The number of ether oxygens (including phenoxy) is 4. The van der Waals surface area contributed by atoms with Crippen LogP contribution in [0.1, 0.15) is 61.3 Å². The van der Waals surface area contributed by atoms with E-state index in [1.54, 1.807) is 36.4 Å². The fourth-order valence-corrected chi connectivity index (χ4v) is 2.84. The molecular formula is C24H31NO6. The maximum atomic E-state index is 12.9. The van der Waals surface area contributed by atoms with Gasteiger partial charge in [-0.3, -0.25) is 4.79 Å². The third kappa shape index (κ3) is 6.91. The van der Waals surface area contributed by atoms with Gasteiger partial charge in [0.1, 0.15) is 0 Å². The predicted octanol–water partition coefficient (Wildman–Crippen LogP) is 5.09. The molecule has 2 aromatic rings. The van der Waals surface area contributed by atoms with Crippen molar-refractivity contribution in [1.82, 2.24) is 0 Å². The first-order chi connectivity index (χ1) is 15.0. The molecule has 0 aromatic heterocycles. The fourth-order valence-electron chi connectivity index (χ4n) is 2.84. The van der Waals surface area contributed by atoms with E-state index >= 15 is 0 Å². The molecule has 0 saturated heterocycles. The van der Waals surface area contributed by atoms with Gasteiger partial charge in [0.2, 0.25) is 5.75 Å². The first-order valence-electron chi connectivity index (χ1n) is 10.7. The summed E-state index contributed by atoms with van der Waals surface area (Å²) in [4.78, 5) is 25.1. The molecule has 0 aliphatic heterocycles. The number of anilines is 1. The first-order valence-corrected chi connectivity index (χ1v) is 10.7. The molecule has 0 radical (unpaired) electrons. The summed E-state index contributed by atoms with van der Waals surface area (Å²) < 4.78 is 22.2. The van der Waals surface area contributed by atoms with Crippen molar-refractivity contribution in [1.29, 1.82) is 0 Å². The highest BCUT2D eigenvalue weighted by Crippen LogP contribution is 2.39. The molecule has 31 heavy (non-hydrogen) atoms. The molecule has 168 valence electrons. The van der Waals surface area contributed by atoms with Crippen molar-refractivity contribution in [2.45, 2.75) is 40.5 Å². The average Bonchev–Trinajstić information content (AvgIpc) is 2.76. The quantitative estimate of drug-likeness (QED) is 0.374. The monoisotopic (exact) mass is 429 g/mol. The zero-order chi connectivity index (χ0) is 22.6. The highest BCUT2D eigenvalue weighted by molar-refractivity contribution is 6.05. The number of rotatable bonds is 12. The van der Waals surface area contributed by atoms with E-state index in [1.807, 2.05) is 27.7 Å². The van der Waals surface area contributed by atoms with Crippen LogP contribution in [-0.4, -0.2) is 38.3 Å². The van der Waals surface area contributed by atoms with E-state index in [4.69, 9.17) is 18.9 Å². The first kappa shape index (κ1) is 24.1. The second-order valence-electron chi connectivity index (χ2n) is 6.63. The highest BCUT2D eigenvalue weighted by Gasteiger charge is 2.19. The molecule has 0 unspecified atom stereocenters. The molecule has 0 bridgehead atoms. The molecule has 2 aromatic carbocycles. The molecular weight excluding hydrogens is 398 g/mol. The Hall–Kier alpha value is -3.22. The maximum Gasteiger partial charge on any atom is 0.338 e. The zero-order valence-corrected chi connectivity index (χ0v) is 18.7. The number of nitrogens with one attached hydrogen (secondary N) is 1. The summed E-state index contributed by atoms with van der Waals surface area (Å²) in [7, 11) is 0. The van der Waals surface area contributed by atoms with Gasteiger partial charge >= 0.3 is 5.97 Å². The third-order valence-electron chi connectivity index (χ3n) is 4.26. The lowest BCUT2D eigenvalue weighted by Crippen LogP contribution is -2.14. The van der Waals surface area contributed by atoms with Gasteiger partial charge in [-0.15, -0.1) is 0 Å². The molecule has 0 fully saturated rings. The summed E-state index contributed by atoms with van der Waals surface area (Å²) >= 11 is 0. The Morgan fingerprint density at radius 3 is 2.06 bits per heavy atom. The number of amides is 1. The lowest BCUT2D eigenvalue weighted by atomic mass is 10.1. The standard InChI is InChI=1S/C24H31NO6/c1-5-9-13-31-24(27)17-11-10-12-19(14-17)25-23(26)18-15-20(28-6-2)22(30-8-4)21(16-18)29-7-3/h10-12,14-16H,5-9,13H2,1-4H3,(H,25,26). The van der Waals surface area contributed by atoms with E-state index in [2.05, 4.69) is 5.32 Å². The second-order valence-corrected chi connectivity index (χ2v) is 6.63. The Balaban J connectivity index is 2.24. The van der Waals surface area contributed by atoms with Crippen molar-refractivity contribution < 1.29 is 28.5 Å². The van der Waals surface area contributed by atoms with Crippen LogP contribution < -0.4 is 19.5 Å². The minimum atomic E-state index is -0.414. The summed E-state index contributed by atoms with van der Waals surface area (Å²) in [5, 5.41) is 2.81. The van der Waals surface area contributed by atoms with Gasteiger partial charge in [-0.05, 0) is 57.5 Å². The minimum Gasteiger partial charge on any atom is -0.490 e. The number of carbonyl (C=O) groups excluding carboxylic acids is 2. The van der Waals surface area contributed by atoms with Crippen molar-refractivity contribution in [2.75, 3.05) is 31.7 Å². The van der Waals surface area contributed by atoms with Crippen molar-refractivity contribution in [3.05, 3.63) is 47.5 Å². The van der Waals surface area contributed by atoms with E-state index in [0.717, 1.165) is 12.8 Å². The molecule has 7 heteroatoms. The van der Waals surface area contributed by atoms with Crippen LogP contribution in [0.25, 0.3) is 0 Å². The maximum absolute atomic E-state index is 12.9. The number of unbranched alkanes of at least 4 members (excludes halogenated alkanes) is 1. The van der Waals surface area contributed by atoms with Gasteiger partial charge in [-0.1, -0.05) is 19.4 Å². The average molecular weight is 430 g/mol. The summed E-state index contributed by atoms with van der Waals surface area (Å²) in [6.45, 7) is 9.25. The Morgan fingerprint density at radius 2 is 1.48 bits per heavy atom. The normalized spacial score (nSPS) is 10.3. The van der Waals surface area contributed by atoms with Crippen LogP contribution >= 0.6 is 0 Å². The molecule has 2 rings (SSSR count). The van der Waals surface area contributed by atoms with Gasteiger partial charge in [0.15, 0.2) is 11.5 Å². The van der Waals surface area contributed by atoms with Crippen molar-refractivity contribution in [3.8, 4) is 17.2 Å². The second kappa shape index (κ2) is 12.5. The van der Waals surface area contributed by atoms with E-state index in [9.17, 15) is 9.59 Å². The van der Waals surface area contributed by atoms with Crippen LogP contribution in [0.5, 0.6) is 17.2 Å². The number of hydrogen-bond acceptors (Lipinski definition) is 6. The SMILES string of the molecule is CCCCOC(=O)c1cccc(NC(=O)c2cc(OCC)c(OCC)c(OCC)c2)c1. The Morgan fingerprint density at radius 1 is 0.839 bits per heavy atom. The molecule has 0 aliphatic rings. The lowest BCUT2D eigenvalue weighted by molar-refractivity contribution is 0.0499. The van der Waals surface area contributed by atoms with Crippen LogP contribution in [0.15, 0.2) is 36.4 Å². The molecule has 0 atom stereocenters. The van der Waals surface area contributed by atoms with Crippen molar-refractivity contribution in [3.63, 3.8) is 0 Å². The highest BCUT2D eigenvalue weighted by atomic mass is 16.5. The number of carbonyl (C=O) groups is 2. The van der Waals surface area contributed by atoms with Gasteiger partial charge in [0.25, 0.3) is 5.91 Å². The van der Waals surface area contributed by atoms with E-state index in [0.29, 0.717) is 60.5 Å². The number of benzene rings is 2.